The molecule has 11 heteroatoms. The molecule has 206 valence electrons. The van der Waals surface area contributed by atoms with Gasteiger partial charge < -0.3 is 10.1 Å². The van der Waals surface area contributed by atoms with Crippen molar-refractivity contribution in [3.05, 3.63) is 95.8 Å². The van der Waals surface area contributed by atoms with E-state index in [1.165, 1.54) is 12.1 Å². The lowest BCUT2D eigenvalue weighted by atomic mass is 10.1. The van der Waals surface area contributed by atoms with Gasteiger partial charge in [-0.3, -0.25) is 15.0 Å². The van der Waals surface area contributed by atoms with Gasteiger partial charge in [-0.25, -0.2) is 13.9 Å². The Hall–Kier alpha value is -5.50. The highest BCUT2D eigenvalue weighted by molar-refractivity contribution is 5.99. The molecule has 0 saturated carbocycles. The van der Waals surface area contributed by atoms with Crippen molar-refractivity contribution in [2.75, 3.05) is 10.6 Å². The van der Waals surface area contributed by atoms with E-state index < -0.39 is 11.8 Å². The lowest BCUT2D eigenvalue weighted by molar-refractivity contribution is 0.262. The minimum atomic E-state index is -0.673. The number of aromatic nitrogens is 5. The van der Waals surface area contributed by atoms with Gasteiger partial charge >= 0.3 is 6.03 Å². The van der Waals surface area contributed by atoms with E-state index in [0.29, 0.717) is 28.5 Å². The third kappa shape index (κ3) is 6.07. The van der Waals surface area contributed by atoms with Gasteiger partial charge in [-0.1, -0.05) is 19.9 Å². The van der Waals surface area contributed by atoms with Crippen molar-refractivity contribution in [3.63, 3.8) is 0 Å². The number of urea groups is 1. The summed E-state index contributed by atoms with van der Waals surface area (Å²) in [5.74, 6) is 0.520. The Morgan fingerprint density at radius 1 is 1.07 bits per heavy atom. The van der Waals surface area contributed by atoms with Crippen molar-refractivity contribution in [2.24, 2.45) is 7.05 Å². The van der Waals surface area contributed by atoms with Gasteiger partial charge in [-0.15, -0.1) is 0 Å². The summed E-state index contributed by atoms with van der Waals surface area (Å²) in [6.45, 7) is 5.81. The molecule has 0 radical (unpaired) electrons. The molecule has 5 aromatic rings. The minimum absolute atomic E-state index is 0.0297. The monoisotopic (exact) mass is 550 g/mol. The Morgan fingerprint density at radius 3 is 2.59 bits per heavy atom. The van der Waals surface area contributed by atoms with Crippen LogP contribution >= 0.6 is 0 Å². The number of nitrogens with zero attached hydrogens (tertiary/aromatic N) is 6. The number of amides is 2. The average Bonchev–Trinajstić information content (AvgIpc) is 3.57. The van der Waals surface area contributed by atoms with Crippen LogP contribution in [0, 0.1) is 24.1 Å². The zero-order valence-electron chi connectivity index (χ0n) is 22.9. The first kappa shape index (κ1) is 27.1. The van der Waals surface area contributed by atoms with Crippen LogP contribution in [0.5, 0.6) is 11.5 Å². The van der Waals surface area contributed by atoms with Crippen LogP contribution in [0.1, 0.15) is 36.6 Å². The molecule has 2 N–H and O–H groups in total. The van der Waals surface area contributed by atoms with E-state index in [-0.39, 0.29) is 17.4 Å². The van der Waals surface area contributed by atoms with Crippen molar-refractivity contribution in [1.29, 1.82) is 5.26 Å². The highest BCUT2D eigenvalue weighted by atomic mass is 19.1. The summed E-state index contributed by atoms with van der Waals surface area (Å²) >= 11 is 0. The summed E-state index contributed by atoms with van der Waals surface area (Å²) in [4.78, 5) is 17.2. The van der Waals surface area contributed by atoms with Crippen LogP contribution in [0.15, 0.2) is 73.2 Å². The first-order valence-corrected chi connectivity index (χ1v) is 12.8. The van der Waals surface area contributed by atoms with Crippen molar-refractivity contribution < 1.29 is 13.9 Å². The molecule has 3 aromatic heterocycles. The Balaban J connectivity index is 1.31. The summed E-state index contributed by atoms with van der Waals surface area (Å²) < 4.78 is 24.0. The van der Waals surface area contributed by atoms with Gasteiger partial charge in [0.25, 0.3) is 0 Å². The number of anilines is 2. The molecule has 0 aliphatic heterocycles. The first-order valence-electron chi connectivity index (χ1n) is 12.8. The number of benzene rings is 2. The van der Waals surface area contributed by atoms with E-state index in [9.17, 15) is 14.4 Å². The fraction of sp³-hybridized carbons (Fsp3) is 0.167. The Labute approximate surface area is 236 Å². The molecule has 0 aliphatic rings. The molecule has 5 rings (SSSR count). The largest absolute Gasteiger partial charge is 0.457 e. The Bertz CT molecular complexity index is 1780. The van der Waals surface area contributed by atoms with Crippen molar-refractivity contribution in [1.82, 2.24) is 24.5 Å². The predicted molar refractivity (Wildman–Crippen MR) is 153 cm³/mol. The zero-order chi connectivity index (χ0) is 29.1. The summed E-state index contributed by atoms with van der Waals surface area (Å²) in [6.07, 6.45) is 5.12. The van der Waals surface area contributed by atoms with E-state index in [1.807, 2.05) is 46.1 Å². The maximum atomic E-state index is 15.0. The lowest BCUT2D eigenvalue weighted by Crippen LogP contribution is -2.22. The van der Waals surface area contributed by atoms with Crippen molar-refractivity contribution >= 4 is 17.5 Å². The molecular formula is C30H27FN8O2. The minimum Gasteiger partial charge on any atom is -0.457 e. The maximum Gasteiger partial charge on any atom is 0.324 e. The number of hydrogen-bond acceptors (Lipinski definition) is 6. The van der Waals surface area contributed by atoms with E-state index in [2.05, 4.69) is 31.9 Å². The number of hydrogen-bond donors (Lipinski definition) is 2. The van der Waals surface area contributed by atoms with Crippen molar-refractivity contribution in [2.45, 2.75) is 26.7 Å². The molecule has 2 aromatic carbocycles. The normalized spacial score (nSPS) is 10.9. The van der Waals surface area contributed by atoms with Crippen LogP contribution in [-0.2, 0) is 7.05 Å². The molecule has 0 aliphatic carbocycles. The number of aryl methyl sites for hydroxylation is 2. The number of halogens is 1. The number of rotatable bonds is 7. The van der Waals surface area contributed by atoms with E-state index in [1.54, 1.807) is 52.1 Å². The molecule has 0 fully saturated rings. The fourth-order valence-electron chi connectivity index (χ4n) is 4.08. The third-order valence-electron chi connectivity index (χ3n) is 6.30. The number of ether oxygens (including phenoxy) is 1. The number of carbonyl (C=O) groups excluding carboxylic acids is 1. The molecule has 0 saturated heterocycles. The number of nitriles is 1. The number of pyridine rings is 1. The van der Waals surface area contributed by atoms with Crippen LogP contribution in [0.2, 0.25) is 0 Å². The van der Waals surface area contributed by atoms with Crippen molar-refractivity contribution in [3.8, 4) is 34.5 Å². The Kier molecular flexibility index (Phi) is 7.47. The summed E-state index contributed by atoms with van der Waals surface area (Å²) in [6, 6.07) is 16.2. The van der Waals surface area contributed by atoms with E-state index in [4.69, 9.17) is 4.74 Å². The standard InChI is InChI=1S/C30H27FN8O2/c1-18(2)27-14-29(39(37-27)22-6-5-19(3)20(11-22)15-32)36-30(40)35-26-8-7-23(12-25(26)31)41-24-9-10-33-28(13-24)21-16-34-38(4)17-21/h5-14,16-18H,1-4H3,(H2,35,36,40). The predicted octanol–water partition coefficient (Wildman–Crippen LogP) is 6.55. The van der Waals surface area contributed by atoms with Gasteiger partial charge in [0.2, 0.25) is 0 Å². The molecule has 0 bridgehead atoms. The molecule has 0 spiro atoms. The lowest BCUT2D eigenvalue weighted by Gasteiger charge is -2.12. The van der Waals surface area contributed by atoms with Gasteiger partial charge in [0.1, 0.15) is 23.1 Å². The number of nitrogens with one attached hydrogen (secondary N) is 2. The maximum absolute atomic E-state index is 15.0. The van der Waals surface area contributed by atoms with Gasteiger partial charge in [0.15, 0.2) is 0 Å². The van der Waals surface area contributed by atoms with E-state index >= 15 is 0 Å². The molecular weight excluding hydrogens is 523 g/mol. The topological polar surface area (TPSA) is 123 Å². The van der Waals surface area contributed by atoms with Crippen LogP contribution in [0.4, 0.5) is 20.7 Å². The summed E-state index contributed by atoms with van der Waals surface area (Å²) in [7, 11) is 1.81. The second-order valence-electron chi connectivity index (χ2n) is 9.73. The third-order valence-corrected chi connectivity index (χ3v) is 6.30. The van der Waals surface area contributed by atoms with Crippen LogP contribution < -0.4 is 15.4 Å². The van der Waals surface area contributed by atoms with Gasteiger partial charge in [0.05, 0.1) is 40.6 Å². The quantitative estimate of drug-likeness (QED) is 0.237. The SMILES string of the molecule is Cc1ccc(-n2nc(C(C)C)cc2NC(=O)Nc2ccc(Oc3ccnc(-c4cnn(C)c4)c3)cc2F)cc1C#N. The summed E-state index contributed by atoms with van der Waals surface area (Å²) in [5, 5.41) is 23.5. The molecule has 0 atom stereocenters. The second-order valence-corrected chi connectivity index (χ2v) is 9.73. The Morgan fingerprint density at radius 2 is 1.88 bits per heavy atom. The molecule has 41 heavy (non-hydrogen) atoms. The molecule has 2 amide bonds. The highest BCUT2D eigenvalue weighted by Gasteiger charge is 2.17. The average molecular weight is 551 g/mol. The number of carbonyl (C=O) groups is 1. The second kappa shape index (κ2) is 11.3. The van der Waals surface area contributed by atoms with Gasteiger partial charge in [-0.05, 0) is 48.7 Å². The smallest absolute Gasteiger partial charge is 0.324 e. The van der Waals surface area contributed by atoms with E-state index in [0.717, 1.165) is 16.8 Å². The molecule has 3 heterocycles. The van der Waals surface area contributed by atoms with Gasteiger partial charge in [-0.2, -0.15) is 15.5 Å². The fourth-order valence-corrected chi connectivity index (χ4v) is 4.08. The molecule has 10 nitrogen and oxygen atoms in total. The molecule has 0 unspecified atom stereocenters. The highest BCUT2D eigenvalue weighted by Crippen LogP contribution is 2.29. The van der Waals surface area contributed by atoms with Crippen LogP contribution in [0.25, 0.3) is 16.9 Å². The summed E-state index contributed by atoms with van der Waals surface area (Å²) in [5.41, 5.74) is 4.16. The van der Waals surface area contributed by atoms with Crippen LogP contribution in [0.3, 0.4) is 0 Å². The van der Waals surface area contributed by atoms with Gasteiger partial charge in [0, 0.05) is 43.2 Å². The van der Waals surface area contributed by atoms with Crippen LogP contribution in [-0.4, -0.2) is 30.6 Å². The first-order chi connectivity index (χ1) is 19.7. The zero-order valence-corrected chi connectivity index (χ0v) is 22.9.